The Labute approximate surface area is 77.7 Å². The van der Waals surface area contributed by atoms with Crippen molar-refractivity contribution in [1.29, 1.82) is 0 Å². The van der Waals surface area contributed by atoms with Gasteiger partial charge < -0.3 is 4.74 Å². The Morgan fingerprint density at radius 1 is 1.31 bits per heavy atom. The molecule has 0 aromatic carbocycles. The van der Waals surface area contributed by atoms with Crippen molar-refractivity contribution < 1.29 is 4.74 Å². The van der Waals surface area contributed by atoms with Crippen LogP contribution in [0.2, 0.25) is 0 Å². The highest BCUT2D eigenvalue weighted by Gasteiger charge is 2.08. The van der Waals surface area contributed by atoms with Crippen molar-refractivity contribution in [2.24, 2.45) is 4.99 Å². The monoisotopic (exact) mass is 179 g/mol. The molecule has 4 nitrogen and oxygen atoms in total. The molecule has 13 heavy (non-hydrogen) atoms. The minimum atomic E-state index is 0.531. The summed E-state index contributed by atoms with van der Waals surface area (Å²) in [6, 6.07) is 0. The summed E-state index contributed by atoms with van der Waals surface area (Å²) < 4.78 is 5.09. The van der Waals surface area contributed by atoms with Crippen molar-refractivity contribution in [1.82, 2.24) is 9.97 Å². The number of aliphatic imine (C=N–C) groups is 1. The number of hydrogen-bond acceptors (Lipinski definition) is 4. The fourth-order valence-electron chi connectivity index (χ4n) is 1.10. The second-order valence-corrected chi connectivity index (χ2v) is 2.60. The molecular weight excluding hydrogens is 166 g/mol. The van der Waals surface area contributed by atoms with Crippen molar-refractivity contribution in [2.75, 3.05) is 7.11 Å². The van der Waals surface area contributed by atoms with Crippen LogP contribution in [0.3, 0.4) is 0 Å². The SMILES string of the molecule is CC=Nc1c(C)nc(C)nc1OC. The van der Waals surface area contributed by atoms with E-state index >= 15 is 0 Å². The van der Waals surface area contributed by atoms with E-state index in [1.807, 2.05) is 20.8 Å². The lowest BCUT2D eigenvalue weighted by molar-refractivity contribution is 0.396. The lowest BCUT2D eigenvalue weighted by atomic mass is 10.3. The van der Waals surface area contributed by atoms with Crippen LogP contribution < -0.4 is 4.74 Å². The third kappa shape index (κ3) is 2.02. The van der Waals surface area contributed by atoms with Crippen LogP contribution in [-0.2, 0) is 0 Å². The molecule has 1 aromatic rings. The highest BCUT2D eigenvalue weighted by atomic mass is 16.5. The average Bonchev–Trinajstić information content (AvgIpc) is 2.09. The molecular formula is C9H13N3O. The topological polar surface area (TPSA) is 47.4 Å². The first-order valence-corrected chi connectivity index (χ1v) is 4.07. The van der Waals surface area contributed by atoms with Gasteiger partial charge in [-0.15, -0.1) is 0 Å². The maximum atomic E-state index is 5.09. The van der Waals surface area contributed by atoms with Crippen molar-refractivity contribution in [3.8, 4) is 5.88 Å². The molecule has 70 valence electrons. The van der Waals surface area contributed by atoms with E-state index in [9.17, 15) is 0 Å². The van der Waals surface area contributed by atoms with Crippen molar-refractivity contribution >= 4 is 11.9 Å². The van der Waals surface area contributed by atoms with Crippen LogP contribution in [0.1, 0.15) is 18.4 Å². The molecule has 0 fully saturated rings. The third-order valence-corrected chi connectivity index (χ3v) is 1.59. The van der Waals surface area contributed by atoms with Crippen molar-refractivity contribution in [3.05, 3.63) is 11.5 Å². The number of rotatable bonds is 2. The fourth-order valence-corrected chi connectivity index (χ4v) is 1.10. The number of aryl methyl sites for hydroxylation is 2. The highest BCUT2D eigenvalue weighted by molar-refractivity contribution is 5.64. The Bertz CT molecular complexity index is 334. The fraction of sp³-hybridized carbons (Fsp3) is 0.444. The summed E-state index contributed by atoms with van der Waals surface area (Å²) >= 11 is 0. The molecule has 0 N–H and O–H groups in total. The van der Waals surface area contributed by atoms with Gasteiger partial charge in [0.25, 0.3) is 0 Å². The number of methoxy groups -OCH3 is 1. The van der Waals surface area contributed by atoms with Crippen LogP contribution in [0.25, 0.3) is 0 Å². The summed E-state index contributed by atoms with van der Waals surface area (Å²) in [5.74, 6) is 1.23. The molecule has 1 rings (SSSR count). The van der Waals surface area contributed by atoms with E-state index in [1.165, 1.54) is 0 Å². The standard InChI is InChI=1S/C9H13N3O/c1-5-10-8-6(2)11-7(3)12-9(8)13-4/h5H,1-4H3. The zero-order valence-electron chi connectivity index (χ0n) is 8.33. The predicted molar refractivity (Wildman–Crippen MR) is 51.9 cm³/mol. The summed E-state index contributed by atoms with van der Waals surface area (Å²) in [4.78, 5) is 12.5. The van der Waals surface area contributed by atoms with E-state index in [0.717, 1.165) is 5.69 Å². The molecule has 4 heteroatoms. The number of nitrogens with zero attached hydrogens (tertiary/aromatic N) is 3. The third-order valence-electron chi connectivity index (χ3n) is 1.59. The first kappa shape index (κ1) is 9.64. The lowest BCUT2D eigenvalue weighted by Gasteiger charge is -2.05. The normalized spacial score (nSPS) is 10.8. The zero-order chi connectivity index (χ0) is 9.84. The second-order valence-electron chi connectivity index (χ2n) is 2.60. The molecule has 0 amide bonds. The van der Waals surface area contributed by atoms with E-state index in [0.29, 0.717) is 17.4 Å². The molecule has 0 atom stereocenters. The van der Waals surface area contributed by atoms with Crippen LogP contribution >= 0.6 is 0 Å². The van der Waals surface area contributed by atoms with Gasteiger partial charge in [0.2, 0.25) is 5.88 Å². The second kappa shape index (κ2) is 3.98. The van der Waals surface area contributed by atoms with Gasteiger partial charge in [0.1, 0.15) is 11.5 Å². The molecule has 1 heterocycles. The first-order valence-electron chi connectivity index (χ1n) is 4.07. The van der Waals surface area contributed by atoms with E-state index in [-0.39, 0.29) is 0 Å². The van der Waals surface area contributed by atoms with Gasteiger partial charge in [-0.1, -0.05) is 0 Å². The Hall–Kier alpha value is -1.45. The molecule has 0 spiro atoms. The summed E-state index contributed by atoms with van der Waals surface area (Å²) in [6.45, 7) is 5.56. The number of aromatic nitrogens is 2. The number of hydrogen-bond donors (Lipinski definition) is 0. The molecule has 0 aliphatic heterocycles. The van der Waals surface area contributed by atoms with Gasteiger partial charge in [-0.3, -0.25) is 4.99 Å². The van der Waals surface area contributed by atoms with Crippen LogP contribution in [0, 0.1) is 13.8 Å². The van der Waals surface area contributed by atoms with Crippen LogP contribution in [0.5, 0.6) is 5.88 Å². The maximum Gasteiger partial charge on any atom is 0.243 e. The Kier molecular flexibility index (Phi) is 2.95. The van der Waals surface area contributed by atoms with E-state index in [1.54, 1.807) is 13.3 Å². The minimum absolute atomic E-state index is 0.531. The first-order chi connectivity index (χ1) is 6.19. The van der Waals surface area contributed by atoms with Crippen molar-refractivity contribution in [2.45, 2.75) is 20.8 Å². The largest absolute Gasteiger partial charge is 0.479 e. The summed E-state index contributed by atoms with van der Waals surface area (Å²) in [5, 5.41) is 0. The number of ether oxygens (including phenoxy) is 1. The molecule has 0 radical (unpaired) electrons. The maximum absolute atomic E-state index is 5.09. The van der Waals surface area contributed by atoms with Gasteiger partial charge in [0.05, 0.1) is 12.8 Å². The molecule has 0 aliphatic carbocycles. The van der Waals surface area contributed by atoms with Crippen LogP contribution in [0.4, 0.5) is 5.69 Å². The average molecular weight is 179 g/mol. The van der Waals surface area contributed by atoms with E-state index in [2.05, 4.69) is 15.0 Å². The highest BCUT2D eigenvalue weighted by Crippen LogP contribution is 2.27. The minimum Gasteiger partial charge on any atom is -0.479 e. The Morgan fingerprint density at radius 2 is 2.00 bits per heavy atom. The van der Waals surface area contributed by atoms with E-state index in [4.69, 9.17) is 4.74 Å². The molecule has 0 saturated carbocycles. The van der Waals surface area contributed by atoms with Gasteiger partial charge >= 0.3 is 0 Å². The Balaban J connectivity index is 3.29. The van der Waals surface area contributed by atoms with Crippen LogP contribution in [-0.4, -0.2) is 23.3 Å². The Morgan fingerprint density at radius 3 is 2.54 bits per heavy atom. The van der Waals surface area contributed by atoms with Gasteiger partial charge in [-0.2, -0.15) is 4.98 Å². The molecule has 0 unspecified atom stereocenters. The summed E-state index contributed by atoms with van der Waals surface area (Å²) in [5.41, 5.74) is 1.54. The van der Waals surface area contributed by atoms with Gasteiger partial charge in [0.15, 0.2) is 0 Å². The summed E-state index contributed by atoms with van der Waals surface area (Å²) in [7, 11) is 1.58. The lowest BCUT2D eigenvalue weighted by Crippen LogP contribution is -1.96. The molecule has 1 aromatic heterocycles. The van der Waals surface area contributed by atoms with Gasteiger partial charge in [-0.05, 0) is 20.8 Å². The van der Waals surface area contributed by atoms with Crippen molar-refractivity contribution in [3.63, 3.8) is 0 Å². The zero-order valence-corrected chi connectivity index (χ0v) is 8.33. The summed E-state index contributed by atoms with van der Waals surface area (Å²) in [6.07, 6.45) is 1.70. The molecule has 0 bridgehead atoms. The quantitative estimate of drug-likeness (QED) is 0.650. The smallest absolute Gasteiger partial charge is 0.243 e. The van der Waals surface area contributed by atoms with Gasteiger partial charge in [-0.25, -0.2) is 4.98 Å². The van der Waals surface area contributed by atoms with Crippen LogP contribution in [0.15, 0.2) is 4.99 Å². The van der Waals surface area contributed by atoms with E-state index < -0.39 is 0 Å². The van der Waals surface area contributed by atoms with Gasteiger partial charge in [0, 0.05) is 6.21 Å². The molecule has 0 saturated heterocycles. The predicted octanol–water partition coefficient (Wildman–Crippen LogP) is 1.82. The molecule has 0 aliphatic rings.